The minimum atomic E-state index is -0.376. The van der Waals surface area contributed by atoms with E-state index < -0.39 is 0 Å². The number of para-hydroxylation sites is 1. The molecular formula is C20H23FN4O3. The Hall–Kier alpha value is -3.16. The summed E-state index contributed by atoms with van der Waals surface area (Å²) in [6.45, 7) is 3.18. The van der Waals surface area contributed by atoms with Crippen molar-refractivity contribution in [2.45, 2.75) is 25.8 Å². The number of aromatic nitrogens is 1. The lowest BCUT2D eigenvalue weighted by atomic mass is 10.1. The number of hydrogen-bond acceptors (Lipinski definition) is 5. The highest BCUT2D eigenvalue weighted by molar-refractivity contribution is 5.93. The summed E-state index contributed by atoms with van der Waals surface area (Å²) in [7, 11) is 0. The second-order valence-electron chi connectivity index (χ2n) is 6.47. The van der Waals surface area contributed by atoms with E-state index in [2.05, 4.69) is 15.6 Å². The molecule has 0 unspecified atom stereocenters. The standard InChI is InChI=1S/C20H23FN4O3/c1-2-28-20(27)25-11-8-14(9-12-25)24-19(26)18-13-15(7-10-22-18)23-17-6-4-3-5-16(17)21/h3-7,10,13-14H,2,8-9,11-12H2,1H3,(H,22,23)(H,24,26). The lowest BCUT2D eigenvalue weighted by Crippen LogP contribution is -2.46. The molecule has 0 atom stereocenters. The molecule has 1 aromatic heterocycles. The van der Waals surface area contributed by atoms with E-state index in [1.165, 1.54) is 12.3 Å². The van der Waals surface area contributed by atoms with Gasteiger partial charge < -0.3 is 20.3 Å². The average molecular weight is 386 g/mol. The van der Waals surface area contributed by atoms with E-state index in [-0.39, 0.29) is 29.6 Å². The smallest absolute Gasteiger partial charge is 0.409 e. The predicted molar refractivity (Wildman–Crippen MR) is 103 cm³/mol. The first-order chi connectivity index (χ1) is 13.6. The first-order valence-electron chi connectivity index (χ1n) is 9.27. The van der Waals surface area contributed by atoms with E-state index in [0.29, 0.717) is 43.9 Å². The number of nitrogens with zero attached hydrogens (tertiary/aromatic N) is 2. The van der Waals surface area contributed by atoms with Crippen LogP contribution in [0, 0.1) is 5.82 Å². The van der Waals surface area contributed by atoms with Crippen LogP contribution in [0.3, 0.4) is 0 Å². The third kappa shape index (κ3) is 4.97. The van der Waals surface area contributed by atoms with Crippen LogP contribution >= 0.6 is 0 Å². The van der Waals surface area contributed by atoms with Gasteiger partial charge in [0.25, 0.3) is 5.91 Å². The van der Waals surface area contributed by atoms with Crippen LogP contribution in [0.2, 0.25) is 0 Å². The molecule has 1 aliphatic heterocycles. The predicted octanol–water partition coefficient (Wildman–Crippen LogP) is 3.32. The SMILES string of the molecule is CCOC(=O)N1CCC(NC(=O)c2cc(Nc3ccccc3F)ccn2)CC1. The normalized spacial score (nSPS) is 14.4. The Morgan fingerprint density at radius 3 is 2.71 bits per heavy atom. The van der Waals surface area contributed by atoms with Gasteiger partial charge in [0, 0.05) is 31.0 Å². The van der Waals surface area contributed by atoms with E-state index >= 15 is 0 Å². The summed E-state index contributed by atoms with van der Waals surface area (Å²) in [6, 6.07) is 9.52. The Morgan fingerprint density at radius 1 is 1.25 bits per heavy atom. The molecule has 2 heterocycles. The molecule has 2 aromatic rings. The maximum Gasteiger partial charge on any atom is 0.409 e. The van der Waals surface area contributed by atoms with Crippen molar-refractivity contribution >= 4 is 23.4 Å². The van der Waals surface area contributed by atoms with E-state index in [1.807, 2.05) is 0 Å². The minimum Gasteiger partial charge on any atom is -0.450 e. The van der Waals surface area contributed by atoms with Gasteiger partial charge in [-0.25, -0.2) is 9.18 Å². The number of pyridine rings is 1. The molecule has 3 rings (SSSR count). The average Bonchev–Trinajstić information content (AvgIpc) is 2.71. The van der Waals surface area contributed by atoms with Crippen molar-refractivity contribution in [3.8, 4) is 0 Å². The van der Waals surface area contributed by atoms with Gasteiger partial charge in [0.15, 0.2) is 0 Å². The second-order valence-corrected chi connectivity index (χ2v) is 6.47. The summed E-state index contributed by atoms with van der Waals surface area (Å²) < 4.78 is 18.8. The maximum atomic E-state index is 13.8. The van der Waals surface area contributed by atoms with E-state index in [4.69, 9.17) is 4.74 Å². The fourth-order valence-electron chi connectivity index (χ4n) is 3.03. The van der Waals surface area contributed by atoms with E-state index in [1.54, 1.807) is 42.2 Å². The second kappa shape index (κ2) is 9.16. The highest BCUT2D eigenvalue weighted by atomic mass is 19.1. The van der Waals surface area contributed by atoms with E-state index in [9.17, 15) is 14.0 Å². The maximum absolute atomic E-state index is 13.8. The molecule has 0 aliphatic carbocycles. The van der Waals surface area contributed by atoms with Gasteiger partial charge in [-0.3, -0.25) is 9.78 Å². The van der Waals surface area contributed by atoms with Crippen LogP contribution in [-0.2, 0) is 4.74 Å². The molecule has 2 amide bonds. The first-order valence-corrected chi connectivity index (χ1v) is 9.27. The van der Waals surface area contributed by atoms with Gasteiger partial charge in [0.05, 0.1) is 12.3 Å². The van der Waals surface area contributed by atoms with Crippen molar-refractivity contribution in [3.05, 3.63) is 54.1 Å². The molecule has 28 heavy (non-hydrogen) atoms. The minimum absolute atomic E-state index is 0.0387. The monoisotopic (exact) mass is 386 g/mol. The lowest BCUT2D eigenvalue weighted by Gasteiger charge is -2.31. The number of amides is 2. The lowest BCUT2D eigenvalue weighted by molar-refractivity contribution is 0.0856. The fraction of sp³-hybridized carbons (Fsp3) is 0.350. The number of anilines is 2. The molecule has 1 saturated heterocycles. The van der Waals surface area contributed by atoms with Gasteiger partial charge >= 0.3 is 6.09 Å². The van der Waals surface area contributed by atoms with Crippen LogP contribution in [-0.4, -0.2) is 47.6 Å². The summed E-state index contributed by atoms with van der Waals surface area (Å²) in [6.07, 6.45) is 2.48. The first kappa shape index (κ1) is 19.6. The number of ether oxygens (including phenoxy) is 1. The molecule has 1 aromatic carbocycles. The summed E-state index contributed by atoms with van der Waals surface area (Å²) in [4.78, 5) is 30.0. The molecule has 8 heteroatoms. The summed E-state index contributed by atoms with van der Waals surface area (Å²) >= 11 is 0. The highest BCUT2D eigenvalue weighted by Gasteiger charge is 2.25. The number of piperidine rings is 1. The van der Waals surface area contributed by atoms with Gasteiger partial charge in [-0.15, -0.1) is 0 Å². The summed E-state index contributed by atoms with van der Waals surface area (Å²) in [5.74, 6) is -0.676. The zero-order valence-corrected chi connectivity index (χ0v) is 15.7. The zero-order valence-electron chi connectivity index (χ0n) is 15.7. The van der Waals surface area contributed by atoms with Gasteiger partial charge in [0.1, 0.15) is 11.5 Å². The van der Waals surface area contributed by atoms with Crippen molar-refractivity contribution in [1.29, 1.82) is 0 Å². The number of benzene rings is 1. The van der Waals surface area contributed by atoms with Crippen LogP contribution in [0.5, 0.6) is 0 Å². The van der Waals surface area contributed by atoms with Crippen molar-refractivity contribution in [2.75, 3.05) is 25.0 Å². The molecular weight excluding hydrogens is 363 g/mol. The molecule has 1 fully saturated rings. The fourth-order valence-corrected chi connectivity index (χ4v) is 3.03. The highest BCUT2D eigenvalue weighted by Crippen LogP contribution is 2.20. The van der Waals surface area contributed by atoms with Crippen molar-refractivity contribution in [2.24, 2.45) is 0 Å². The number of carbonyl (C=O) groups excluding carboxylic acids is 2. The third-order valence-corrected chi connectivity index (χ3v) is 4.50. The number of carbonyl (C=O) groups is 2. The number of likely N-dealkylation sites (tertiary alicyclic amines) is 1. The summed E-state index contributed by atoms with van der Waals surface area (Å²) in [5, 5.41) is 5.90. The van der Waals surface area contributed by atoms with Crippen molar-refractivity contribution in [1.82, 2.24) is 15.2 Å². The zero-order chi connectivity index (χ0) is 19.9. The molecule has 0 radical (unpaired) electrons. The number of halogens is 1. The number of nitrogens with one attached hydrogen (secondary N) is 2. The van der Waals surface area contributed by atoms with Crippen molar-refractivity contribution in [3.63, 3.8) is 0 Å². The Bertz CT molecular complexity index is 838. The molecule has 0 spiro atoms. The van der Waals surface area contributed by atoms with Crippen molar-refractivity contribution < 1.29 is 18.7 Å². The largest absolute Gasteiger partial charge is 0.450 e. The molecule has 1 aliphatic rings. The van der Waals surface area contributed by atoms with Crippen LogP contribution in [0.4, 0.5) is 20.6 Å². The van der Waals surface area contributed by atoms with Crippen LogP contribution < -0.4 is 10.6 Å². The molecule has 148 valence electrons. The van der Waals surface area contributed by atoms with Crippen LogP contribution in [0.1, 0.15) is 30.3 Å². The Labute approximate surface area is 162 Å². The molecule has 0 saturated carbocycles. The van der Waals surface area contributed by atoms with Gasteiger partial charge in [-0.05, 0) is 44.0 Å². The van der Waals surface area contributed by atoms with Crippen LogP contribution in [0.15, 0.2) is 42.6 Å². The molecule has 7 nitrogen and oxygen atoms in total. The van der Waals surface area contributed by atoms with Crippen LogP contribution in [0.25, 0.3) is 0 Å². The Kier molecular flexibility index (Phi) is 6.41. The number of hydrogen-bond donors (Lipinski definition) is 2. The molecule has 2 N–H and O–H groups in total. The quantitative estimate of drug-likeness (QED) is 0.824. The number of rotatable bonds is 5. The Balaban J connectivity index is 1.57. The Morgan fingerprint density at radius 2 is 2.00 bits per heavy atom. The van der Waals surface area contributed by atoms with Gasteiger partial charge in [-0.1, -0.05) is 12.1 Å². The van der Waals surface area contributed by atoms with Gasteiger partial charge in [-0.2, -0.15) is 0 Å². The molecule has 0 bridgehead atoms. The van der Waals surface area contributed by atoms with Gasteiger partial charge in [0.2, 0.25) is 0 Å². The third-order valence-electron chi connectivity index (χ3n) is 4.50. The summed E-state index contributed by atoms with van der Waals surface area (Å²) in [5.41, 5.74) is 1.14. The van der Waals surface area contributed by atoms with E-state index in [0.717, 1.165) is 0 Å². The topological polar surface area (TPSA) is 83.6 Å².